The van der Waals surface area contributed by atoms with Crippen molar-refractivity contribution in [3.8, 4) is 22.5 Å². The van der Waals surface area contributed by atoms with E-state index in [1.54, 1.807) is 55.4 Å². The Balaban J connectivity index is 1.13. The fourth-order valence-electron chi connectivity index (χ4n) is 11.2. The Kier molecular flexibility index (Phi) is 16.8. The molecule has 1 aromatic carbocycles. The number of hydrazine groups is 1. The zero-order valence-electron chi connectivity index (χ0n) is 44.4. The molecule has 8 rings (SSSR count). The van der Waals surface area contributed by atoms with Gasteiger partial charge in [-0.3, -0.25) is 29.2 Å². The number of carbonyl (C=O) groups is 5. The van der Waals surface area contributed by atoms with Gasteiger partial charge in [0.25, 0.3) is 5.91 Å². The number of alkyl halides is 3. The van der Waals surface area contributed by atoms with Gasteiger partial charge in [0.2, 0.25) is 11.8 Å². The van der Waals surface area contributed by atoms with E-state index in [2.05, 4.69) is 15.7 Å². The molecule has 0 aliphatic carbocycles. The summed E-state index contributed by atoms with van der Waals surface area (Å²) in [5.41, 5.74) is 5.61. The second-order valence-corrected chi connectivity index (χ2v) is 22.8. The number of hydrogen-bond acceptors (Lipinski definition) is 12. The van der Waals surface area contributed by atoms with Crippen LogP contribution in [0.5, 0.6) is 0 Å². The third-order valence-electron chi connectivity index (χ3n) is 14.9. The monoisotopic (exact) mass is 1060 g/mol. The van der Waals surface area contributed by atoms with Crippen molar-refractivity contribution in [1.29, 1.82) is 0 Å². The number of carbonyl (C=O) groups excluding carboxylic acids is 5. The van der Waals surface area contributed by atoms with Crippen molar-refractivity contribution >= 4 is 52.0 Å². The Morgan fingerprint density at radius 3 is 2.55 bits per heavy atom. The minimum atomic E-state index is -4.60. The van der Waals surface area contributed by atoms with Crippen LogP contribution in [0.15, 0.2) is 54.1 Å². The van der Waals surface area contributed by atoms with E-state index >= 15 is 0 Å². The minimum absolute atomic E-state index is 0.0530. The van der Waals surface area contributed by atoms with Gasteiger partial charge in [-0.2, -0.15) is 13.2 Å². The Bertz CT molecular complexity index is 2790. The van der Waals surface area contributed by atoms with Crippen LogP contribution >= 0.6 is 11.3 Å². The maximum atomic E-state index is 14.8. The molecular formula is C54H71F3N10O7S. The van der Waals surface area contributed by atoms with Crippen LogP contribution in [0.3, 0.4) is 0 Å². The molecule has 7 heterocycles. The highest BCUT2D eigenvalue weighted by Gasteiger charge is 2.45. The molecule has 4 aromatic rings. The molecule has 406 valence electrons. The van der Waals surface area contributed by atoms with Crippen molar-refractivity contribution in [1.82, 2.24) is 49.9 Å². The Morgan fingerprint density at radius 2 is 1.83 bits per heavy atom. The summed E-state index contributed by atoms with van der Waals surface area (Å²) in [5, 5.41) is 7.20. The van der Waals surface area contributed by atoms with E-state index in [0.717, 1.165) is 12.8 Å². The van der Waals surface area contributed by atoms with Crippen LogP contribution in [0, 0.1) is 17.3 Å². The molecule has 3 aromatic heterocycles. The number of fused-ring (bicyclic) bond motifs is 7. The van der Waals surface area contributed by atoms with Gasteiger partial charge in [0.05, 0.1) is 40.8 Å². The predicted octanol–water partition coefficient (Wildman–Crippen LogP) is 6.86. The lowest BCUT2D eigenvalue weighted by atomic mass is 9.84. The average Bonchev–Trinajstić information content (AvgIpc) is 4.11. The van der Waals surface area contributed by atoms with Crippen molar-refractivity contribution in [3.05, 3.63) is 70.3 Å². The van der Waals surface area contributed by atoms with Crippen LogP contribution in [0.25, 0.3) is 33.4 Å². The highest BCUT2D eigenvalue weighted by molar-refractivity contribution is 7.10. The number of pyridine rings is 1. The molecule has 4 aliphatic rings. The van der Waals surface area contributed by atoms with Gasteiger partial charge < -0.3 is 39.0 Å². The average molecular weight is 1060 g/mol. The second-order valence-electron chi connectivity index (χ2n) is 21.9. The summed E-state index contributed by atoms with van der Waals surface area (Å²) in [6.45, 7) is 10.1. The molecule has 2 N–H and O–H groups in total. The Labute approximate surface area is 440 Å². The number of methoxy groups -OCH3 is 1. The smallest absolute Gasteiger partial charge is 0.406 e. The fraction of sp³-hybridized carbons (Fsp3) is 0.574. The zero-order valence-corrected chi connectivity index (χ0v) is 45.2. The number of cyclic esters (lactones) is 1. The molecule has 75 heavy (non-hydrogen) atoms. The van der Waals surface area contributed by atoms with Crippen molar-refractivity contribution in [2.45, 2.75) is 116 Å². The SMILES string of the molecule is CO[C@@H](C)c1ncccc1-c1c2c3cc(ccc3n1CC(F)(F)F)-c1csc(n1)C[C@H](NC(=O)C(C(C)C)N(C)C(=O)N1C[C@@H]3CCCN(C(=O)/C=C/CN(C)C)[C@@H]3C1)C(=O)N1CCC[C@H](N1)C(=O)OCC(C)(C)C2. The normalized spacial score (nSPS) is 22.3. The molecule has 0 radical (unpaired) electrons. The van der Waals surface area contributed by atoms with Gasteiger partial charge >= 0.3 is 18.2 Å². The van der Waals surface area contributed by atoms with Crippen LogP contribution in [0.1, 0.15) is 82.7 Å². The number of rotatable bonds is 11. The number of likely N-dealkylation sites (tertiary alicyclic amines) is 2. The zero-order chi connectivity index (χ0) is 54.1. The molecule has 3 saturated heterocycles. The Morgan fingerprint density at radius 1 is 1.07 bits per heavy atom. The topological polar surface area (TPSA) is 175 Å². The van der Waals surface area contributed by atoms with Crippen LogP contribution in [0.2, 0.25) is 0 Å². The van der Waals surface area contributed by atoms with Crippen LogP contribution in [0.4, 0.5) is 18.0 Å². The minimum Gasteiger partial charge on any atom is -0.464 e. The van der Waals surface area contributed by atoms with E-state index in [4.69, 9.17) is 14.5 Å². The highest BCUT2D eigenvalue weighted by Crippen LogP contribution is 2.43. The van der Waals surface area contributed by atoms with Crippen LogP contribution < -0.4 is 10.7 Å². The molecule has 17 nitrogen and oxygen atoms in total. The van der Waals surface area contributed by atoms with E-state index in [1.807, 2.05) is 69.1 Å². The number of ether oxygens (including phenoxy) is 2. The van der Waals surface area contributed by atoms with E-state index in [-0.39, 0.29) is 55.8 Å². The van der Waals surface area contributed by atoms with Crippen molar-refractivity contribution < 1.29 is 46.6 Å². The molecule has 1 unspecified atom stereocenters. The largest absolute Gasteiger partial charge is 0.464 e. The standard InChI is InChI=1S/C54H71F3N10O7S/c1-32(2)47(63(8)52(72)64-27-35-14-11-22-65(43(35)28-64)45(68)17-13-21-62(6)7)49(69)60-40-25-44-59-41(29-75-44)34-18-19-42-37(24-34)38(26-53(4,5)31-74-51(71)39-16-12-23-67(61-39)50(40)70)48(66(42)30-54(55,56)57)36-15-10-20-58-46(36)33(3)73-9/h10,13,15,17-20,24,29,32-33,35,39-40,43,47,61H,11-12,14,16,21-23,25-28,30-31H2,1-9H3,(H,60,69)/b17-13+/t33-,35-,39-,40-,43+,47?/m0/s1. The number of urea groups is 1. The Hall–Kier alpha value is -5.90. The van der Waals surface area contributed by atoms with Gasteiger partial charge in [-0.05, 0) is 94.8 Å². The summed E-state index contributed by atoms with van der Waals surface area (Å²) < 4.78 is 57.1. The molecule has 0 spiro atoms. The lowest BCUT2D eigenvalue weighted by molar-refractivity contribution is -0.155. The van der Waals surface area contributed by atoms with E-state index in [0.29, 0.717) is 88.7 Å². The van der Waals surface area contributed by atoms with Crippen molar-refractivity contribution in [2.75, 3.05) is 67.6 Å². The second kappa shape index (κ2) is 22.7. The van der Waals surface area contributed by atoms with Gasteiger partial charge in [0.15, 0.2) is 0 Å². The lowest BCUT2D eigenvalue weighted by Crippen LogP contribution is -2.62. The third kappa shape index (κ3) is 12.4. The molecule has 6 atom stereocenters. The summed E-state index contributed by atoms with van der Waals surface area (Å²) >= 11 is 1.27. The summed E-state index contributed by atoms with van der Waals surface area (Å²) in [5.74, 6) is -2.05. The molecule has 0 saturated carbocycles. The number of hydrogen-bond donors (Lipinski definition) is 2. The van der Waals surface area contributed by atoms with Gasteiger partial charge in [0.1, 0.15) is 24.7 Å². The quantitative estimate of drug-likeness (QED) is 0.119. The molecule has 5 amide bonds. The number of benzene rings is 1. The third-order valence-corrected chi connectivity index (χ3v) is 15.7. The van der Waals surface area contributed by atoms with Crippen LogP contribution in [-0.2, 0) is 48.0 Å². The van der Waals surface area contributed by atoms with Gasteiger partial charge in [0, 0.05) is 98.4 Å². The summed E-state index contributed by atoms with van der Waals surface area (Å²) in [4.78, 5) is 87.8. The first-order valence-corrected chi connectivity index (χ1v) is 26.7. The number of nitrogens with zero attached hydrogens (tertiary/aromatic N) is 8. The number of esters is 1. The van der Waals surface area contributed by atoms with Gasteiger partial charge in [-0.25, -0.2) is 15.2 Å². The molecular weight excluding hydrogens is 990 g/mol. The van der Waals surface area contributed by atoms with Gasteiger partial charge in [-0.1, -0.05) is 39.8 Å². The van der Waals surface area contributed by atoms with E-state index < -0.39 is 60.1 Å². The van der Waals surface area contributed by atoms with Crippen LogP contribution in [-0.4, -0.2) is 167 Å². The number of amides is 5. The van der Waals surface area contributed by atoms with E-state index in [9.17, 15) is 37.1 Å². The molecule has 4 aliphatic heterocycles. The maximum absolute atomic E-state index is 14.8. The first kappa shape index (κ1) is 55.3. The predicted molar refractivity (Wildman–Crippen MR) is 279 cm³/mol. The maximum Gasteiger partial charge on any atom is 0.406 e. The number of nitrogens with one attached hydrogen (secondary N) is 2. The molecule has 3 fully saturated rings. The summed E-state index contributed by atoms with van der Waals surface area (Å²) in [6.07, 6.45) is 2.51. The summed E-state index contributed by atoms with van der Waals surface area (Å²) in [6, 6.07) is 5.02. The summed E-state index contributed by atoms with van der Waals surface area (Å²) in [7, 11) is 6.96. The number of piperidine rings is 1. The molecule has 6 bridgehead atoms. The van der Waals surface area contributed by atoms with Crippen molar-refractivity contribution in [3.63, 3.8) is 0 Å². The number of halogens is 3. The lowest BCUT2D eigenvalue weighted by Gasteiger charge is -2.37. The molecule has 21 heteroatoms. The van der Waals surface area contributed by atoms with Crippen molar-refractivity contribution in [2.24, 2.45) is 17.3 Å². The van der Waals surface area contributed by atoms with E-state index in [1.165, 1.54) is 32.9 Å². The number of thiazole rings is 1. The highest BCUT2D eigenvalue weighted by atomic mass is 32.1. The van der Waals surface area contributed by atoms with Gasteiger partial charge in [-0.15, -0.1) is 11.3 Å². The number of aromatic nitrogens is 3. The fourth-order valence-corrected chi connectivity index (χ4v) is 12.0. The number of likely N-dealkylation sites (N-methyl/N-ethyl adjacent to an activating group) is 2. The first-order valence-electron chi connectivity index (χ1n) is 25.9. The first-order chi connectivity index (χ1) is 35.5.